The van der Waals surface area contributed by atoms with Gasteiger partial charge in [-0.25, -0.2) is 4.39 Å². The lowest BCUT2D eigenvalue weighted by molar-refractivity contribution is 0.280. The fourth-order valence-electron chi connectivity index (χ4n) is 2.70. The molecular weight excluding hydrogens is 365 g/mol. The largest absolute Gasteiger partial charge is 0.493 e. The van der Waals surface area contributed by atoms with Gasteiger partial charge in [0.25, 0.3) is 0 Å². The maximum atomic E-state index is 13.0. The van der Waals surface area contributed by atoms with Crippen LogP contribution in [0.2, 0.25) is 5.02 Å². The third-order valence-corrected chi connectivity index (χ3v) is 4.39. The summed E-state index contributed by atoms with van der Waals surface area (Å²) in [7, 11) is 1.63. The van der Waals surface area contributed by atoms with Crippen LogP contribution in [0.25, 0.3) is 0 Å². The third kappa shape index (κ3) is 5.46. The van der Waals surface area contributed by atoms with E-state index < -0.39 is 0 Å². The zero-order valence-electron chi connectivity index (χ0n) is 15.0. The summed E-state index contributed by atoms with van der Waals surface area (Å²) in [5.74, 6) is 1.16. The predicted octanol–water partition coefficient (Wildman–Crippen LogP) is 5.36. The van der Waals surface area contributed by atoms with Crippen molar-refractivity contribution in [3.63, 3.8) is 0 Å². The van der Waals surface area contributed by atoms with Gasteiger partial charge in [0.2, 0.25) is 0 Å². The second-order valence-corrected chi connectivity index (χ2v) is 6.53. The quantitative estimate of drug-likeness (QED) is 0.566. The molecule has 0 aliphatic rings. The molecule has 0 fully saturated rings. The lowest BCUT2D eigenvalue weighted by Gasteiger charge is -2.16. The zero-order valence-corrected chi connectivity index (χ0v) is 15.8. The second kappa shape index (κ2) is 9.40. The lowest BCUT2D eigenvalue weighted by atomic mass is 10.1. The number of para-hydroxylation sites is 1. The van der Waals surface area contributed by atoms with Crippen molar-refractivity contribution in [2.45, 2.75) is 19.7 Å². The fourth-order valence-corrected chi connectivity index (χ4v) is 2.83. The number of halogens is 2. The number of methoxy groups -OCH3 is 1. The third-order valence-electron chi connectivity index (χ3n) is 4.13. The highest BCUT2D eigenvalue weighted by atomic mass is 35.5. The van der Waals surface area contributed by atoms with Gasteiger partial charge in [-0.2, -0.15) is 0 Å². The molecular formula is C22H21ClFNO2. The topological polar surface area (TPSA) is 30.5 Å². The molecule has 27 heavy (non-hydrogen) atoms. The van der Waals surface area contributed by atoms with E-state index in [0.29, 0.717) is 36.2 Å². The molecule has 3 aromatic rings. The normalized spacial score (nSPS) is 10.6. The summed E-state index contributed by atoms with van der Waals surface area (Å²) in [5, 5.41) is 4.06. The zero-order chi connectivity index (χ0) is 19.1. The molecule has 3 aromatic carbocycles. The Kier molecular flexibility index (Phi) is 6.69. The highest BCUT2D eigenvalue weighted by Gasteiger charge is 2.11. The van der Waals surface area contributed by atoms with E-state index in [1.54, 1.807) is 19.2 Å². The van der Waals surface area contributed by atoms with Gasteiger partial charge in [0.15, 0.2) is 11.5 Å². The average Bonchev–Trinajstić information content (AvgIpc) is 2.69. The Morgan fingerprint density at radius 3 is 2.30 bits per heavy atom. The second-order valence-electron chi connectivity index (χ2n) is 6.09. The number of hydrogen-bond donors (Lipinski definition) is 1. The van der Waals surface area contributed by atoms with Crippen molar-refractivity contribution in [1.82, 2.24) is 5.32 Å². The Bertz CT molecular complexity index is 866. The van der Waals surface area contributed by atoms with Gasteiger partial charge in [-0.15, -0.1) is 0 Å². The summed E-state index contributed by atoms with van der Waals surface area (Å²) >= 11 is 5.93. The van der Waals surface area contributed by atoms with E-state index in [1.807, 2.05) is 42.5 Å². The van der Waals surface area contributed by atoms with Crippen LogP contribution in [0, 0.1) is 5.82 Å². The van der Waals surface area contributed by atoms with Crippen LogP contribution in [-0.4, -0.2) is 7.11 Å². The Balaban J connectivity index is 1.66. The van der Waals surface area contributed by atoms with E-state index in [2.05, 4.69) is 5.32 Å². The lowest BCUT2D eigenvalue weighted by Crippen LogP contribution is -2.14. The molecule has 0 heterocycles. The van der Waals surface area contributed by atoms with Crippen LogP contribution < -0.4 is 14.8 Å². The van der Waals surface area contributed by atoms with Crippen LogP contribution in [-0.2, 0) is 19.7 Å². The maximum absolute atomic E-state index is 13.0. The van der Waals surface area contributed by atoms with E-state index in [4.69, 9.17) is 21.1 Å². The van der Waals surface area contributed by atoms with Crippen molar-refractivity contribution in [1.29, 1.82) is 0 Å². The van der Waals surface area contributed by atoms with Crippen molar-refractivity contribution < 1.29 is 13.9 Å². The molecule has 0 aliphatic carbocycles. The molecule has 3 nitrogen and oxygen atoms in total. The minimum absolute atomic E-state index is 0.232. The molecule has 1 N–H and O–H groups in total. The standard InChI is InChI=1S/C22H21ClFNO2/c1-26-21-4-2-3-18(14-25-13-16-7-11-20(24)12-8-16)22(21)27-15-17-5-9-19(23)10-6-17/h2-12,25H,13-15H2,1H3. The van der Waals surface area contributed by atoms with E-state index in [9.17, 15) is 4.39 Å². The Labute approximate surface area is 163 Å². The van der Waals surface area contributed by atoms with Crippen molar-refractivity contribution in [2.24, 2.45) is 0 Å². The summed E-state index contributed by atoms with van der Waals surface area (Å²) in [6.45, 7) is 1.65. The predicted molar refractivity (Wildman–Crippen MR) is 106 cm³/mol. The Morgan fingerprint density at radius 1 is 0.889 bits per heavy atom. The first kappa shape index (κ1) is 19.2. The molecule has 0 aliphatic heterocycles. The summed E-state index contributed by atoms with van der Waals surface area (Å²) in [4.78, 5) is 0. The molecule has 5 heteroatoms. The maximum Gasteiger partial charge on any atom is 0.166 e. The van der Waals surface area contributed by atoms with E-state index in [0.717, 1.165) is 16.7 Å². The molecule has 0 aromatic heterocycles. The van der Waals surface area contributed by atoms with Crippen LogP contribution in [0.5, 0.6) is 11.5 Å². The Hall–Kier alpha value is -2.56. The van der Waals surface area contributed by atoms with Gasteiger partial charge in [0.05, 0.1) is 7.11 Å². The van der Waals surface area contributed by atoms with E-state index >= 15 is 0 Å². The van der Waals surface area contributed by atoms with Gasteiger partial charge in [0.1, 0.15) is 12.4 Å². The number of hydrogen-bond acceptors (Lipinski definition) is 3. The first-order chi connectivity index (χ1) is 13.2. The molecule has 3 rings (SSSR count). The number of nitrogens with one attached hydrogen (secondary N) is 1. The van der Waals surface area contributed by atoms with Gasteiger partial charge in [-0.1, -0.05) is 48.0 Å². The van der Waals surface area contributed by atoms with Crippen LogP contribution >= 0.6 is 11.6 Å². The number of rotatable bonds is 8. The Morgan fingerprint density at radius 2 is 1.59 bits per heavy atom. The average molecular weight is 386 g/mol. The minimum atomic E-state index is -0.232. The van der Waals surface area contributed by atoms with E-state index in [1.165, 1.54) is 12.1 Å². The summed E-state index contributed by atoms with van der Waals surface area (Å²) in [6, 6.07) is 19.8. The van der Waals surface area contributed by atoms with Gasteiger partial charge in [-0.05, 0) is 41.5 Å². The first-order valence-corrected chi connectivity index (χ1v) is 9.02. The van der Waals surface area contributed by atoms with Gasteiger partial charge >= 0.3 is 0 Å². The molecule has 0 radical (unpaired) electrons. The SMILES string of the molecule is COc1cccc(CNCc2ccc(F)cc2)c1OCc1ccc(Cl)cc1. The van der Waals surface area contributed by atoms with Crippen molar-refractivity contribution in [3.8, 4) is 11.5 Å². The summed E-state index contributed by atoms with van der Waals surface area (Å²) in [6.07, 6.45) is 0. The van der Waals surface area contributed by atoms with Crippen LogP contribution in [0.4, 0.5) is 4.39 Å². The molecule has 0 atom stereocenters. The number of ether oxygens (including phenoxy) is 2. The molecule has 0 bridgehead atoms. The molecule has 0 saturated carbocycles. The first-order valence-electron chi connectivity index (χ1n) is 8.64. The fraction of sp³-hybridized carbons (Fsp3) is 0.182. The monoisotopic (exact) mass is 385 g/mol. The van der Waals surface area contributed by atoms with Gasteiger partial charge in [-0.3, -0.25) is 0 Å². The van der Waals surface area contributed by atoms with Gasteiger partial charge < -0.3 is 14.8 Å². The molecule has 140 valence electrons. The van der Waals surface area contributed by atoms with Crippen molar-refractivity contribution >= 4 is 11.6 Å². The van der Waals surface area contributed by atoms with Gasteiger partial charge in [0, 0.05) is 23.7 Å². The molecule has 0 amide bonds. The summed E-state index contributed by atoms with van der Waals surface area (Å²) in [5.41, 5.74) is 3.03. The number of benzene rings is 3. The highest BCUT2D eigenvalue weighted by Crippen LogP contribution is 2.32. The van der Waals surface area contributed by atoms with Crippen LogP contribution in [0.3, 0.4) is 0 Å². The van der Waals surface area contributed by atoms with Crippen LogP contribution in [0.1, 0.15) is 16.7 Å². The minimum Gasteiger partial charge on any atom is -0.493 e. The summed E-state index contributed by atoms with van der Waals surface area (Å²) < 4.78 is 24.5. The molecule has 0 unspecified atom stereocenters. The molecule has 0 spiro atoms. The van der Waals surface area contributed by atoms with Crippen LogP contribution in [0.15, 0.2) is 66.7 Å². The highest BCUT2D eigenvalue weighted by molar-refractivity contribution is 6.30. The molecule has 0 saturated heterocycles. The smallest absolute Gasteiger partial charge is 0.166 e. The van der Waals surface area contributed by atoms with Crippen molar-refractivity contribution in [3.05, 3.63) is 94.3 Å². The van der Waals surface area contributed by atoms with E-state index in [-0.39, 0.29) is 5.82 Å². The van der Waals surface area contributed by atoms with Crippen molar-refractivity contribution in [2.75, 3.05) is 7.11 Å².